The quantitative estimate of drug-likeness (QED) is 0.786. The molecule has 0 fully saturated rings. The Hall–Kier alpha value is -1.97. The molecule has 1 aliphatic carbocycles. The van der Waals surface area contributed by atoms with Gasteiger partial charge in [0.2, 0.25) is 0 Å². The topological polar surface area (TPSA) is 64.1 Å². The maximum Gasteiger partial charge on any atom is 0.130 e. The van der Waals surface area contributed by atoms with Crippen LogP contribution in [-0.2, 0) is 12.8 Å². The van der Waals surface area contributed by atoms with Gasteiger partial charge in [-0.2, -0.15) is 5.10 Å². The molecule has 3 rings (SSSR count). The second-order valence-electron chi connectivity index (χ2n) is 4.45. The summed E-state index contributed by atoms with van der Waals surface area (Å²) >= 11 is 0. The molecule has 0 amide bonds. The molecule has 88 valence electrons. The molecule has 2 aromatic rings. The van der Waals surface area contributed by atoms with Gasteiger partial charge in [-0.3, -0.25) is 0 Å². The van der Waals surface area contributed by atoms with Crippen molar-refractivity contribution in [2.75, 3.05) is 5.73 Å². The number of benzene rings is 1. The van der Waals surface area contributed by atoms with Crippen molar-refractivity contribution in [2.24, 2.45) is 0 Å². The van der Waals surface area contributed by atoms with Crippen LogP contribution < -0.4 is 5.73 Å². The summed E-state index contributed by atoms with van der Waals surface area (Å²) in [6.45, 7) is 0. The number of nitrogen functional groups attached to an aromatic ring is 1. The van der Waals surface area contributed by atoms with Gasteiger partial charge in [-0.15, -0.1) is 0 Å². The van der Waals surface area contributed by atoms with Crippen molar-refractivity contribution in [3.8, 4) is 11.4 Å². The lowest BCUT2D eigenvalue weighted by Crippen LogP contribution is -2.03. The highest BCUT2D eigenvalue weighted by atomic mass is 16.3. The standard InChI is InChI=1S/C13H15N3O/c14-13-11-6-1-2-7-12(11)15-16(13)9-4-3-5-10(17)8-9/h3-5,8,17H,1-2,6-7,14H2. The largest absolute Gasteiger partial charge is 0.508 e. The van der Waals surface area contributed by atoms with Gasteiger partial charge in [-0.1, -0.05) is 6.07 Å². The second-order valence-corrected chi connectivity index (χ2v) is 4.45. The number of nitrogens with zero attached hydrogens (tertiary/aromatic N) is 2. The van der Waals surface area contributed by atoms with Gasteiger partial charge in [0.25, 0.3) is 0 Å². The van der Waals surface area contributed by atoms with Gasteiger partial charge in [0, 0.05) is 11.6 Å². The molecule has 0 aliphatic heterocycles. The predicted molar refractivity (Wildman–Crippen MR) is 66.3 cm³/mol. The number of hydrogen-bond donors (Lipinski definition) is 2. The first-order chi connectivity index (χ1) is 8.25. The molecule has 4 heteroatoms. The SMILES string of the molecule is Nc1c2c(nn1-c1cccc(O)c1)CCCC2. The first kappa shape index (κ1) is 10.2. The highest BCUT2D eigenvalue weighted by Crippen LogP contribution is 2.28. The number of phenols is 1. The Kier molecular flexibility index (Phi) is 2.28. The van der Waals surface area contributed by atoms with Gasteiger partial charge in [-0.05, 0) is 37.8 Å². The molecule has 0 saturated heterocycles. The third-order valence-electron chi connectivity index (χ3n) is 3.27. The van der Waals surface area contributed by atoms with E-state index < -0.39 is 0 Å². The smallest absolute Gasteiger partial charge is 0.130 e. The number of fused-ring (bicyclic) bond motifs is 1. The van der Waals surface area contributed by atoms with E-state index >= 15 is 0 Å². The van der Waals surface area contributed by atoms with Gasteiger partial charge in [0.15, 0.2) is 0 Å². The maximum absolute atomic E-state index is 9.49. The fraction of sp³-hybridized carbons (Fsp3) is 0.308. The number of nitrogens with two attached hydrogens (primary N) is 1. The molecule has 4 nitrogen and oxygen atoms in total. The average molecular weight is 229 g/mol. The fourth-order valence-corrected chi connectivity index (χ4v) is 2.40. The maximum atomic E-state index is 9.49. The molecule has 0 spiro atoms. The Morgan fingerprint density at radius 2 is 2.06 bits per heavy atom. The van der Waals surface area contributed by atoms with Crippen molar-refractivity contribution >= 4 is 5.82 Å². The number of rotatable bonds is 1. The Morgan fingerprint density at radius 3 is 2.82 bits per heavy atom. The second kappa shape index (κ2) is 3.80. The van der Waals surface area contributed by atoms with Crippen LogP contribution in [0.15, 0.2) is 24.3 Å². The Bertz CT molecular complexity index is 560. The summed E-state index contributed by atoms with van der Waals surface area (Å²) < 4.78 is 1.73. The molecule has 0 unspecified atom stereocenters. The van der Waals surface area contributed by atoms with E-state index in [9.17, 15) is 5.11 Å². The number of aromatic nitrogens is 2. The summed E-state index contributed by atoms with van der Waals surface area (Å²) in [7, 11) is 0. The van der Waals surface area contributed by atoms with E-state index in [2.05, 4.69) is 5.10 Å². The number of aryl methyl sites for hydroxylation is 1. The van der Waals surface area contributed by atoms with Crippen LogP contribution in [0.1, 0.15) is 24.1 Å². The van der Waals surface area contributed by atoms with Gasteiger partial charge >= 0.3 is 0 Å². The summed E-state index contributed by atoms with van der Waals surface area (Å²) in [5.74, 6) is 0.945. The molecule has 0 bridgehead atoms. The molecule has 1 aromatic carbocycles. The molecule has 1 heterocycles. The van der Waals surface area contributed by atoms with Crippen LogP contribution in [0.5, 0.6) is 5.75 Å². The van der Waals surface area contributed by atoms with E-state index in [0.29, 0.717) is 5.82 Å². The van der Waals surface area contributed by atoms with Crippen molar-refractivity contribution in [1.29, 1.82) is 0 Å². The van der Waals surface area contributed by atoms with E-state index in [-0.39, 0.29) is 5.75 Å². The Labute approximate surface area is 99.7 Å². The molecule has 0 atom stereocenters. The Morgan fingerprint density at radius 1 is 1.24 bits per heavy atom. The molecular weight excluding hydrogens is 214 g/mol. The molecule has 0 saturated carbocycles. The summed E-state index contributed by atoms with van der Waals surface area (Å²) in [5.41, 5.74) is 9.23. The number of phenolic OH excluding ortho intramolecular Hbond substituents is 1. The first-order valence-corrected chi connectivity index (χ1v) is 5.91. The molecule has 1 aliphatic rings. The van der Waals surface area contributed by atoms with Gasteiger partial charge in [-0.25, -0.2) is 4.68 Å². The zero-order chi connectivity index (χ0) is 11.8. The van der Waals surface area contributed by atoms with E-state index in [0.717, 1.165) is 24.2 Å². The third kappa shape index (κ3) is 1.65. The van der Waals surface area contributed by atoms with Crippen molar-refractivity contribution < 1.29 is 5.11 Å². The zero-order valence-electron chi connectivity index (χ0n) is 9.56. The summed E-state index contributed by atoms with van der Waals surface area (Å²) in [4.78, 5) is 0. The number of aromatic hydroxyl groups is 1. The van der Waals surface area contributed by atoms with Crippen LogP contribution >= 0.6 is 0 Å². The van der Waals surface area contributed by atoms with Crippen molar-refractivity contribution in [3.05, 3.63) is 35.5 Å². The van der Waals surface area contributed by atoms with Gasteiger partial charge in [0.1, 0.15) is 11.6 Å². The van der Waals surface area contributed by atoms with Crippen LogP contribution in [0.25, 0.3) is 5.69 Å². The highest BCUT2D eigenvalue weighted by Gasteiger charge is 2.19. The molecular formula is C13H15N3O. The lowest BCUT2D eigenvalue weighted by molar-refractivity contribution is 0.475. The van der Waals surface area contributed by atoms with Crippen molar-refractivity contribution in [3.63, 3.8) is 0 Å². The summed E-state index contributed by atoms with van der Waals surface area (Å²) in [6, 6.07) is 7.01. The van der Waals surface area contributed by atoms with Crippen molar-refractivity contribution in [2.45, 2.75) is 25.7 Å². The lowest BCUT2D eigenvalue weighted by Gasteiger charge is -2.08. The van der Waals surface area contributed by atoms with E-state index in [1.807, 2.05) is 6.07 Å². The first-order valence-electron chi connectivity index (χ1n) is 5.91. The number of hydrogen-bond acceptors (Lipinski definition) is 3. The molecule has 0 radical (unpaired) electrons. The van der Waals surface area contributed by atoms with Gasteiger partial charge in [0.05, 0.1) is 11.4 Å². The van der Waals surface area contributed by atoms with Crippen LogP contribution in [0.4, 0.5) is 5.82 Å². The van der Waals surface area contributed by atoms with Crippen LogP contribution in [0.2, 0.25) is 0 Å². The van der Waals surface area contributed by atoms with Gasteiger partial charge < -0.3 is 10.8 Å². The van der Waals surface area contributed by atoms with Crippen LogP contribution in [0.3, 0.4) is 0 Å². The Balaban J connectivity index is 2.12. The normalized spacial score (nSPS) is 14.6. The highest BCUT2D eigenvalue weighted by molar-refractivity contribution is 5.52. The van der Waals surface area contributed by atoms with E-state index in [4.69, 9.17) is 5.73 Å². The average Bonchev–Trinajstić information content (AvgIpc) is 2.68. The number of anilines is 1. The molecule has 3 N–H and O–H groups in total. The van der Waals surface area contributed by atoms with Crippen molar-refractivity contribution in [1.82, 2.24) is 9.78 Å². The molecule has 17 heavy (non-hydrogen) atoms. The van der Waals surface area contributed by atoms with Crippen LogP contribution in [-0.4, -0.2) is 14.9 Å². The fourth-order valence-electron chi connectivity index (χ4n) is 2.40. The third-order valence-corrected chi connectivity index (χ3v) is 3.27. The zero-order valence-corrected chi connectivity index (χ0v) is 9.56. The summed E-state index contributed by atoms with van der Waals surface area (Å²) in [5, 5.41) is 14.0. The summed E-state index contributed by atoms with van der Waals surface area (Å²) in [6.07, 6.45) is 4.39. The lowest BCUT2D eigenvalue weighted by atomic mass is 9.98. The van der Waals surface area contributed by atoms with E-state index in [1.54, 1.807) is 22.9 Å². The minimum Gasteiger partial charge on any atom is -0.508 e. The molecule has 1 aromatic heterocycles. The van der Waals surface area contributed by atoms with E-state index in [1.165, 1.54) is 18.4 Å². The minimum atomic E-state index is 0.232. The monoisotopic (exact) mass is 229 g/mol. The minimum absolute atomic E-state index is 0.232. The van der Waals surface area contributed by atoms with Crippen LogP contribution in [0, 0.1) is 0 Å². The predicted octanol–water partition coefficient (Wildman–Crippen LogP) is 2.04.